The fourth-order valence-corrected chi connectivity index (χ4v) is 5.82. The summed E-state index contributed by atoms with van der Waals surface area (Å²) >= 11 is 1.23. The minimum Gasteiger partial charge on any atom is -0.491 e. The van der Waals surface area contributed by atoms with Gasteiger partial charge in [0.2, 0.25) is 0 Å². The summed E-state index contributed by atoms with van der Waals surface area (Å²) in [5, 5.41) is 0. The number of rotatable bonds is 9. The maximum absolute atomic E-state index is 14.0. The predicted molar refractivity (Wildman–Crippen MR) is 160 cm³/mol. The van der Waals surface area contributed by atoms with E-state index in [1.54, 1.807) is 50.3 Å². The second-order valence-electron chi connectivity index (χ2n) is 9.96. The van der Waals surface area contributed by atoms with E-state index in [9.17, 15) is 14.0 Å². The second-order valence-corrected chi connectivity index (χ2v) is 11.0. The summed E-state index contributed by atoms with van der Waals surface area (Å²) in [6.45, 7) is 7.59. The van der Waals surface area contributed by atoms with Gasteiger partial charge in [-0.05, 0) is 63.6 Å². The zero-order chi connectivity index (χ0) is 29.8. The second kappa shape index (κ2) is 12.6. The summed E-state index contributed by atoms with van der Waals surface area (Å²) in [6, 6.07) is 20.3. The summed E-state index contributed by atoms with van der Waals surface area (Å²) in [6.07, 6.45) is 1.64. The third-order valence-corrected chi connectivity index (χ3v) is 7.58. The van der Waals surface area contributed by atoms with E-state index >= 15 is 0 Å². The Hall–Kier alpha value is -4.50. The average molecular weight is 587 g/mol. The molecule has 1 aromatic heterocycles. The highest BCUT2D eigenvalue weighted by Crippen LogP contribution is 2.36. The van der Waals surface area contributed by atoms with E-state index in [-0.39, 0.29) is 30.7 Å². The van der Waals surface area contributed by atoms with Crippen LogP contribution < -0.4 is 24.4 Å². The standard InChI is InChI=1S/C33H31FN2O5S/c1-5-39-32(38)29-21(4)35-33-36(30(29)25-14-7-9-16-27(25)41-20(2)3)31(37)28(42-33)18-22-11-10-13-24(17-22)40-19-23-12-6-8-15-26(23)34/h6-18,20,30H,5,19H2,1-4H3/b28-18-. The van der Waals surface area contributed by atoms with Gasteiger partial charge in [-0.2, -0.15) is 0 Å². The van der Waals surface area contributed by atoms with Crippen LogP contribution in [0.4, 0.5) is 4.39 Å². The lowest BCUT2D eigenvalue weighted by molar-refractivity contribution is -0.139. The van der Waals surface area contributed by atoms with Crippen molar-refractivity contribution in [2.24, 2.45) is 4.99 Å². The smallest absolute Gasteiger partial charge is 0.338 e. The van der Waals surface area contributed by atoms with Crippen LogP contribution in [0.25, 0.3) is 6.08 Å². The summed E-state index contributed by atoms with van der Waals surface area (Å²) in [4.78, 5) is 32.3. The van der Waals surface area contributed by atoms with Crippen LogP contribution in [-0.4, -0.2) is 23.2 Å². The molecule has 0 spiro atoms. The molecule has 4 aromatic rings. The molecule has 1 aliphatic rings. The van der Waals surface area contributed by atoms with Crippen LogP contribution in [0, 0.1) is 5.82 Å². The molecule has 5 rings (SSSR count). The van der Waals surface area contributed by atoms with Crippen molar-refractivity contribution < 1.29 is 23.4 Å². The Balaban J connectivity index is 1.58. The molecule has 0 fully saturated rings. The van der Waals surface area contributed by atoms with Crippen molar-refractivity contribution in [1.82, 2.24) is 4.57 Å². The fourth-order valence-electron chi connectivity index (χ4n) is 4.78. The average Bonchev–Trinajstić information content (AvgIpc) is 3.26. The van der Waals surface area contributed by atoms with E-state index in [1.165, 1.54) is 22.0 Å². The number of para-hydroxylation sites is 1. The molecule has 0 aliphatic carbocycles. The first-order valence-electron chi connectivity index (χ1n) is 13.7. The van der Waals surface area contributed by atoms with E-state index in [2.05, 4.69) is 4.99 Å². The van der Waals surface area contributed by atoms with E-state index in [1.807, 2.05) is 50.2 Å². The quantitative estimate of drug-likeness (QED) is 0.249. The first-order chi connectivity index (χ1) is 20.3. The van der Waals surface area contributed by atoms with Crippen molar-refractivity contribution in [3.63, 3.8) is 0 Å². The number of esters is 1. The van der Waals surface area contributed by atoms with Gasteiger partial charge in [0, 0.05) is 11.1 Å². The van der Waals surface area contributed by atoms with Crippen LogP contribution in [0.15, 0.2) is 93.9 Å². The maximum atomic E-state index is 14.0. The van der Waals surface area contributed by atoms with Crippen molar-refractivity contribution in [3.05, 3.63) is 126 Å². The first kappa shape index (κ1) is 29.0. The normalized spacial score (nSPS) is 14.9. The lowest BCUT2D eigenvalue weighted by atomic mass is 9.95. The van der Waals surface area contributed by atoms with Gasteiger partial charge in [0.1, 0.15) is 30.0 Å². The maximum Gasteiger partial charge on any atom is 0.338 e. The molecule has 1 aliphatic heterocycles. The summed E-state index contributed by atoms with van der Waals surface area (Å²) in [5.41, 5.74) is 2.32. The van der Waals surface area contributed by atoms with Crippen LogP contribution in [0.3, 0.4) is 0 Å². The minimum atomic E-state index is -0.784. The number of aromatic nitrogens is 1. The molecular formula is C33H31FN2O5S. The molecule has 42 heavy (non-hydrogen) atoms. The van der Waals surface area contributed by atoms with Gasteiger partial charge in [-0.3, -0.25) is 9.36 Å². The van der Waals surface area contributed by atoms with Gasteiger partial charge in [-0.25, -0.2) is 14.2 Å². The fraction of sp³-hybridized carbons (Fsp3) is 0.242. The molecule has 216 valence electrons. The molecule has 3 aromatic carbocycles. The van der Waals surface area contributed by atoms with Crippen LogP contribution >= 0.6 is 11.3 Å². The number of hydrogen-bond acceptors (Lipinski definition) is 7. The first-order valence-corrected chi connectivity index (χ1v) is 14.5. The van der Waals surface area contributed by atoms with E-state index in [0.29, 0.717) is 43.2 Å². The highest BCUT2D eigenvalue weighted by Gasteiger charge is 2.35. The van der Waals surface area contributed by atoms with E-state index in [4.69, 9.17) is 14.2 Å². The van der Waals surface area contributed by atoms with Gasteiger partial charge in [-0.15, -0.1) is 0 Å². The number of carbonyl (C=O) groups is 1. The minimum absolute atomic E-state index is 0.0755. The molecule has 0 radical (unpaired) electrons. The Kier molecular flexibility index (Phi) is 8.68. The number of thiazole rings is 1. The number of nitrogens with zero attached hydrogens (tertiary/aromatic N) is 2. The number of carbonyl (C=O) groups excluding carboxylic acids is 1. The van der Waals surface area contributed by atoms with Gasteiger partial charge >= 0.3 is 5.97 Å². The zero-order valence-corrected chi connectivity index (χ0v) is 24.6. The predicted octanol–water partition coefficient (Wildman–Crippen LogP) is 5.30. The highest BCUT2D eigenvalue weighted by molar-refractivity contribution is 7.07. The highest BCUT2D eigenvalue weighted by atomic mass is 32.1. The Morgan fingerprint density at radius 3 is 2.62 bits per heavy atom. The monoisotopic (exact) mass is 586 g/mol. The zero-order valence-electron chi connectivity index (χ0n) is 23.8. The topological polar surface area (TPSA) is 79.1 Å². The van der Waals surface area contributed by atoms with Crippen LogP contribution in [0.2, 0.25) is 0 Å². The number of benzene rings is 3. The van der Waals surface area contributed by atoms with E-state index < -0.39 is 12.0 Å². The molecule has 0 bridgehead atoms. The number of hydrogen-bond donors (Lipinski definition) is 0. The molecule has 1 unspecified atom stereocenters. The molecule has 0 amide bonds. The Morgan fingerprint density at radius 2 is 1.86 bits per heavy atom. The summed E-state index contributed by atoms with van der Waals surface area (Å²) in [7, 11) is 0. The Labute approximate surface area is 246 Å². The van der Waals surface area contributed by atoms with Crippen molar-refractivity contribution in [2.45, 2.75) is 46.4 Å². The third kappa shape index (κ3) is 6.06. The molecule has 9 heteroatoms. The van der Waals surface area contributed by atoms with Crippen LogP contribution in [0.1, 0.15) is 50.4 Å². The van der Waals surface area contributed by atoms with Crippen molar-refractivity contribution in [1.29, 1.82) is 0 Å². The summed E-state index contributed by atoms with van der Waals surface area (Å²) in [5.74, 6) is 0.250. The molecule has 7 nitrogen and oxygen atoms in total. The Bertz CT molecular complexity index is 1840. The molecule has 2 heterocycles. The lowest BCUT2D eigenvalue weighted by Gasteiger charge is -2.26. The molecule has 0 N–H and O–H groups in total. The van der Waals surface area contributed by atoms with E-state index in [0.717, 1.165) is 5.56 Å². The Morgan fingerprint density at radius 1 is 1.10 bits per heavy atom. The van der Waals surface area contributed by atoms with Gasteiger partial charge in [0.05, 0.1) is 28.5 Å². The largest absolute Gasteiger partial charge is 0.491 e. The van der Waals surface area contributed by atoms with Gasteiger partial charge < -0.3 is 14.2 Å². The number of halogens is 1. The molecular weight excluding hydrogens is 555 g/mol. The van der Waals surface area contributed by atoms with Gasteiger partial charge in [0.15, 0.2) is 4.80 Å². The van der Waals surface area contributed by atoms with Crippen molar-refractivity contribution >= 4 is 23.4 Å². The number of allylic oxidation sites excluding steroid dienone is 1. The summed E-state index contributed by atoms with van der Waals surface area (Å²) < 4.78 is 33.3. The number of fused-ring (bicyclic) bond motifs is 1. The van der Waals surface area contributed by atoms with Gasteiger partial charge in [-0.1, -0.05) is 59.9 Å². The van der Waals surface area contributed by atoms with Crippen molar-refractivity contribution in [2.75, 3.05) is 6.61 Å². The third-order valence-electron chi connectivity index (χ3n) is 6.60. The molecule has 0 saturated carbocycles. The van der Waals surface area contributed by atoms with Crippen molar-refractivity contribution in [3.8, 4) is 11.5 Å². The van der Waals surface area contributed by atoms with Crippen LogP contribution in [-0.2, 0) is 16.1 Å². The lowest BCUT2D eigenvalue weighted by Crippen LogP contribution is -2.40. The molecule has 1 atom stereocenters. The van der Waals surface area contributed by atoms with Gasteiger partial charge in [0.25, 0.3) is 5.56 Å². The SMILES string of the molecule is CCOC(=O)C1=C(C)N=c2s/c(=C\c3cccc(OCc4ccccc4F)c3)c(=O)n2C1c1ccccc1OC(C)C. The molecule has 0 saturated heterocycles. The number of ether oxygens (including phenoxy) is 3. The van der Waals surface area contributed by atoms with Crippen LogP contribution in [0.5, 0.6) is 11.5 Å².